The van der Waals surface area contributed by atoms with Gasteiger partial charge in [-0.15, -0.1) is 0 Å². The molecule has 0 saturated carbocycles. The molecule has 1 atom stereocenters. The molecule has 1 heterocycles. The van der Waals surface area contributed by atoms with Crippen molar-refractivity contribution in [3.63, 3.8) is 0 Å². The lowest BCUT2D eigenvalue weighted by Gasteiger charge is -2.33. The molecule has 1 aromatic carbocycles. The van der Waals surface area contributed by atoms with Gasteiger partial charge < -0.3 is 15.3 Å². The third kappa shape index (κ3) is 4.21. The van der Waals surface area contributed by atoms with E-state index in [0.717, 1.165) is 50.1 Å². The predicted molar refractivity (Wildman–Crippen MR) is 86.6 cm³/mol. The van der Waals surface area contributed by atoms with E-state index >= 15 is 0 Å². The molecule has 0 radical (unpaired) electrons. The highest BCUT2D eigenvalue weighted by atomic mass is 16.3. The lowest BCUT2D eigenvalue weighted by atomic mass is 10.0. The minimum Gasteiger partial charge on any atom is -0.393 e. The van der Waals surface area contributed by atoms with E-state index in [4.69, 9.17) is 0 Å². The van der Waals surface area contributed by atoms with Gasteiger partial charge in [0.25, 0.3) is 0 Å². The number of rotatable bonds is 5. The summed E-state index contributed by atoms with van der Waals surface area (Å²) in [6.45, 7) is 5.73. The molecule has 1 amide bonds. The highest BCUT2D eigenvalue weighted by molar-refractivity contribution is 5.95. The first-order valence-electron chi connectivity index (χ1n) is 7.94. The van der Waals surface area contributed by atoms with E-state index in [1.165, 1.54) is 0 Å². The third-order valence-corrected chi connectivity index (χ3v) is 4.14. The van der Waals surface area contributed by atoms with Crippen LogP contribution in [0.4, 0.5) is 11.4 Å². The van der Waals surface area contributed by atoms with Crippen molar-refractivity contribution in [2.75, 3.05) is 23.3 Å². The van der Waals surface area contributed by atoms with E-state index in [1.807, 2.05) is 31.2 Å². The van der Waals surface area contributed by atoms with Crippen LogP contribution in [-0.4, -0.2) is 30.2 Å². The molecule has 1 saturated heterocycles. The number of amides is 1. The Bertz CT molecular complexity index is 468. The molecule has 1 aliphatic heterocycles. The molecule has 1 aliphatic rings. The molecular formula is C17H26N2O2. The number of carbonyl (C=O) groups is 1. The Morgan fingerprint density at radius 3 is 2.71 bits per heavy atom. The van der Waals surface area contributed by atoms with Gasteiger partial charge in [-0.2, -0.15) is 0 Å². The van der Waals surface area contributed by atoms with Gasteiger partial charge in [0, 0.05) is 19.0 Å². The minimum atomic E-state index is -0.187. The van der Waals surface area contributed by atoms with E-state index < -0.39 is 0 Å². The van der Waals surface area contributed by atoms with Crippen LogP contribution in [0.25, 0.3) is 0 Å². The monoisotopic (exact) mass is 290 g/mol. The second kappa shape index (κ2) is 7.46. The number of nitrogens with one attached hydrogen (secondary N) is 1. The molecule has 1 unspecified atom stereocenters. The van der Waals surface area contributed by atoms with Crippen LogP contribution in [0.2, 0.25) is 0 Å². The number of hydrogen-bond donors (Lipinski definition) is 2. The van der Waals surface area contributed by atoms with Crippen LogP contribution in [-0.2, 0) is 4.79 Å². The van der Waals surface area contributed by atoms with E-state index in [9.17, 15) is 9.90 Å². The van der Waals surface area contributed by atoms with Crippen molar-refractivity contribution in [2.24, 2.45) is 5.92 Å². The summed E-state index contributed by atoms with van der Waals surface area (Å²) in [5.41, 5.74) is 1.93. The maximum Gasteiger partial charge on any atom is 0.227 e. The number of benzene rings is 1. The number of piperidine rings is 1. The molecule has 1 fully saturated rings. The molecule has 1 aromatic rings. The first-order valence-corrected chi connectivity index (χ1v) is 7.94. The Morgan fingerprint density at radius 1 is 1.38 bits per heavy atom. The van der Waals surface area contributed by atoms with Crippen LogP contribution in [0.5, 0.6) is 0 Å². The van der Waals surface area contributed by atoms with E-state index in [2.05, 4.69) is 17.1 Å². The number of aliphatic hydroxyl groups excluding tert-OH is 1. The second-order valence-electron chi connectivity index (χ2n) is 5.91. The van der Waals surface area contributed by atoms with Crippen LogP contribution < -0.4 is 10.2 Å². The van der Waals surface area contributed by atoms with Crippen molar-refractivity contribution < 1.29 is 9.90 Å². The van der Waals surface area contributed by atoms with Crippen molar-refractivity contribution in [1.82, 2.24) is 0 Å². The molecule has 4 nitrogen and oxygen atoms in total. The predicted octanol–water partition coefficient (Wildman–Crippen LogP) is 3.02. The standard InChI is InChI=1S/C17H26N2O2/c1-3-6-13(2)17(21)18-15-7-4-5-8-16(15)19-11-9-14(20)10-12-19/h4-5,7-8,13-14,20H,3,6,9-12H2,1-2H3,(H,18,21). The van der Waals surface area contributed by atoms with E-state index in [0.29, 0.717) is 0 Å². The number of carbonyl (C=O) groups excluding carboxylic acids is 1. The van der Waals surface area contributed by atoms with Gasteiger partial charge in [0.1, 0.15) is 0 Å². The molecule has 0 bridgehead atoms. The number of hydrogen-bond acceptors (Lipinski definition) is 3. The quantitative estimate of drug-likeness (QED) is 0.876. The Hall–Kier alpha value is -1.55. The van der Waals surface area contributed by atoms with Gasteiger partial charge in [0.2, 0.25) is 5.91 Å². The molecule has 0 aliphatic carbocycles. The van der Waals surface area contributed by atoms with Crippen molar-refractivity contribution in [1.29, 1.82) is 0 Å². The largest absolute Gasteiger partial charge is 0.393 e. The molecule has 2 N–H and O–H groups in total. The average molecular weight is 290 g/mol. The van der Waals surface area contributed by atoms with Crippen molar-refractivity contribution in [2.45, 2.75) is 45.6 Å². The van der Waals surface area contributed by atoms with Crippen LogP contribution in [0, 0.1) is 5.92 Å². The number of para-hydroxylation sites is 2. The Morgan fingerprint density at radius 2 is 2.05 bits per heavy atom. The first-order chi connectivity index (χ1) is 10.1. The molecule has 0 spiro atoms. The van der Waals surface area contributed by atoms with Crippen molar-refractivity contribution >= 4 is 17.3 Å². The Labute approximate surface area is 127 Å². The average Bonchev–Trinajstić information content (AvgIpc) is 2.49. The van der Waals surface area contributed by atoms with Gasteiger partial charge in [-0.3, -0.25) is 4.79 Å². The molecular weight excluding hydrogens is 264 g/mol. The number of nitrogens with zero attached hydrogens (tertiary/aromatic N) is 1. The highest BCUT2D eigenvalue weighted by Gasteiger charge is 2.20. The summed E-state index contributed by atoms with van der Waals surface area (Å²) < 4.78 is 0. The smallest absolute Gasteiger partial charge is 0.227 e. The van der Waals surface area contributed by atoms with Gasteiger partial charge in [-0.1, -0.05) is 32.4 Å². The lowest BCUT2D eigenvalue weighted by molar-refractivity contribution is -0.119. The zero-order chi connectivity index (χ0) is 15.2. The molecule has 21 heavy (non-hydrogen) atoms. The van der Waals surface area contributed by atoms with E-state index in [-0.39, 0.29) is 17.9 Å². The maximum absolute atomic E-state index is 12.2. The van der Waals surface area contributed by atoms with Crippen molar-refractivity contribution in [3.05, 3.63) is 24.3 Å². The van der Waals surface area contributed by atoms with E-state index in [1.54, 1.807) is 0 Å². The van der Waals surface area contributed by atoms with Gasteiger partial charge in [0.05, 0.1) is 17.5 Å². The van der Waals surface area contributed by atoms with Crippen molar-refractivity contribution in [3.8, 4) is 0 Å². The topological polar surface area (TPSA) is 52.6 Å². The van der Waals surface area contributed by atoms with Crippen LogP contribution in [0.1, 0.15) is 39.5 Å². The van der Waals surface area contributed by atoms with Crippen LogP contribution in [0.15, 0.2) is 24.3 Å². The molecule has 4 heteroatoms. The fourth-order valence-electron chi connectivity index (χ4n) is 2.78. The number of anilines is 2. The minimum absolute atomic E-state index is 0.0336. The summed E-state index contributed by atoms with van der Waals surface area (Å²) in [7, 11) is 0. The number of aliphatic hydroxyl groups is 1. The first kappa shape index (κ1) is 15.8. The summed E-state index contributed by atoms with van der Waals surface area (Å²) >= 11 is 0. The summed E-state index contributed by atoms with van der Waals surface area (Å²) in [6.07, 6.45) is 3.31. The van der Waals surface area contributed by atoms with Gasteiger partial charge in [0.15, 0.2) is 0 Å². The fraction of sp³-hybridized carbons (Fsp3) is 0.588. The van der Waals surface area contributed by atoms with Gasteiger partial charge in [-0.05, 0) is 31.4 Å². The van der Waals surface area contributed by atoms with Gasteiger partial charge >= 0.3 is 0 Å². The normalized spacial score (nSPS) is 17.6. The SMILES string of the molecule is CCCC(C)C(=O)Nc1ccccc1N1CCC(O)CC1. The third-order valence-electron chi connectivity index (χ3n) is 4.14. The highest BCUT2D eigenvalue weighted by Crippen LogP contribution is 2.28. The molecule has 0 aromatic heterocycles. The summed E-state index contributed by atoms with van der Waals surface area (Å²) in [6, 6.07) is 7.93. The second-order valence-corrected chi connectivity index (χ2v) is 5.91. The Kier molecular flexibility index (Phi) is 5.62. The van der Waals surface area contributed by atoms with Gasteiger partial charge in [-0.25, -0.2) is 0 Å². The maximum atomic E-state index is 12.2. The van der Waals surface area contributed by atoms with Crippen LogP contribution in [0.3, 0.4) is 0 Å². The summed E-state index contributed by atoms with van der Waals surface area (Å²) in [5.74, 6) is 0.118. The zero-order valence-corrected chi connectivity index (χ0v) is 13.0. The zero-order valence-electron chi connectivity index (χ0n) is 13.0. The Balaban J connectivity index is 2.08. The fourth-order valence-corrected chi connectivity index (χ4v) is 2.78. The summed E-state index contributed by atoms with van der Waals surface area (Å²) in [4.78, 5) is 14.5. The molecule has 116 valence electrons. The van der Waals surface area contributed by atoms with Crippen LogP contribution >= 0.6 is 0 Å². The molecule has 2 rings (SSSR count). The lowest BCUT2D eigenvalue weighted by Crippen LogP contribution is -2.36. The summed E-state index contributed by atoms with van der Waals surface area (Å²) in [5, 5.41) is 12.7.